The van der Waals surface area contributed by atoms with Crippen LogP contribution in [-0.4, -0.2) is 33.5 Å². The van der Waals surface area contributed by atoms with Crippen molar-refractivity contribution in [3.8, 4) is 0 Å². The van der Waals surface area contributed by atoms with E-state index in [9.17, 15) is 15.0 Å². The Morgan fingerprint density at radius 2 is 1.83 bits per heavy atom. The molecule has 4 saturated carbocycles. The lowest BCUT2D eigenvalue weighted by molar-refractivity contribution is -0.174. The van der Waals surface area contributed by atoms with Gasteiger partial charge in [-0.2, -0.15) is 0 Å². The average molecular weight is 419 g/mol. The van der Waals surface area contributed by atoms with Crippen molar-refractivity contribution in [2.45, 2.75) is 97.2 Å². The smallest absolute Gasteiger partial charge is 0.327 e. The van der Waals surface area contributed by atoms with Crippen molar-refractivity contribution in [1.29, 1.82) is 0 Å². The lowest BCUT2D eigenvalue weighted by Crippen LogP contribution is -2.58. The highest BCUT2D eigenvalue weighted by Gasteiger charge is 2.63. The lowest BCUT2D eigenvalue weighted by atomic mass is 9.43. The van der Waals surface area contributed by atoms with Gasteiger partial charge in [-0.1, -0.05) is 26.8 Å². The molecule has 4 fully saturated rings. The standard InChI is InChI=1S/C26H42O4/c1-16(6-4-5-7-24(29)30)20-10-11-21-19-9-8-17-14-18(27)12-13-25(17,2)22(19)15-23(28)26(20,21)3/h5,7,16-23,27-28H,4,6,8-15H2,1-3H3,(H,29,30)/t16?,17?,18?,19-,20+,21-,22-,23?,25-,26+/m0/s1. The summed E-state index contributed by atoms with van der Waals surface area (Å²) in [5.74, 6) is 2.71. The molecule has 0 heterocycles. The van der Waals surface area contributed by atoms with Crippen LogP contribution in [0.3, 0.4) is 0 Å². The fourth-order valence-corrected chi connectivity index (χ4v) is 8.90. The van der Waals surface area contributed by atoms with E-state index in [0.717, 1.165) is 44.4 Å². The first-order chi connectivity index (χ1) is 14.2. The molecule has 0 aromatic carbocycles. The summed E-state index contributed by atoms with van der Waals surface area (Å²) < 4.78 is 0. The van der Waals surface area contributed by atoms with Crippen LogP contribution in [0.1, 0.15) is 85.0 Å². The second kappa shape index (κ2) is 8.24. The van der Waals surface area contributed by atoms with Gasteiger partial charge >= 0.3 is 5.97 Å². The molecule has 0 aromatic heterocycles. The van der Waals surface area contributed by atoms with Crippen LogP contribution in [0.4, 0.5) is 0 Å². The van der Waals surface area contributed by atoms with Gasteiger partial charge in [0.2, 0.25) is 0 Å². The maximum Gasteiger partial charge on any atom is 0.327 e. The number of aliphatic carboxylic acids is 1. The highest BCUT2D eigenvalue weighted by molar-refractivity contribution is 5.79. The topological polar surface area (TPSA) is 77.8 Å². The number of aliphatic hydroxyl groups is 2. The van der Waals surface area contributed by atoms with Crippen LogP contribution in [0.25, 0.3) is 0 Å². The van der Waals surface area contributed by atoms with Crippen molar-refractivity contribution in [3.63, 3.8) is 0 Å². The summed E-state index contributed by atoms with van der Waals surface area (Å²) in [4.78, 5) is 10.7. The summed E-state index contributed by atoms with van der Waals surface area (Å²) in [5, 5.41) is 30.6. The largest absolute Gasteiger partial charge is 0.478 e. The van der Waals surface area contributed by atoms with Gasteiger partial charge in [-0.15, -0.1) is 0 Å². The van der Waals surface area contributed by atoms with Crippen molar-refractivity contribution in [2.24, 2.45) is 46.3 Å². The van der Waals surface area contributed by atoms with Gasteiger partial charge in [-0.25, -0.2) is 4.79 Å². The summed E-state index contributed by atoms with van der Waals surface area (Å²) in [6, 6.07) is 0. The van der Waals surface area contributed by atoms with Crippen molar-refractivity contribution in [2.75, 3.05) is 0 Å². The number of fused-ring (bicyclic) bond motifs is 5. The third-order valence-corrected chi connectivity index (χ3v) is 10.6. The molecule has 170 valence electrons. The van der Waals surface area contributed by atoms with Crippen molar-refractivity contribution < 1.29 is 20.1 Å². The zero-order valence-electron chi connectivity index (χ0n) is 19.1. The molecule has 0 aliphatic heterocycles. The highest BCUT2D eigenvalue weighted by atomic mass is 16.4. The van der Waals surface area contributed by atoms with Gasteiger partial charge in [0.15, 0.2) is 0 Å². The third kappa shape index (κ3) is 3.56. The van der Waals surface area contributed by atoms with E-state index in [1.54, 1.807) is 6.08 Å². The Bertz CT molecular complexity index is 674. The van der Waals surface area contributed by atoms with Gasteiger partial charge in [-0.05, 0) is 111 Å². The van der Waals surface area contributed by atoms with Crippen molar-refractivity contribution in [1.82, 2.24) is 0 Å². The van der Waals surface area contributed by atoms with E-state index < -0.39 is 5.97 Å². The predicted octanol–water partition coefficient (Wildman–Crippen LogP) is 5.03. The summed E-state index contributed by atoms with van der Waals surface area (Å²) in [6.07, 6.45) is 13.4. The van der Waals surface area contributed by atoms with E-state index >= 15 is 0 Å². The number of aliphatic hydroxyl groups excluding tert-OH is 2. The fourth-order valence-electron chi connectivity index (χ4n) is 8.90. The molecule has 4 rings (SSSR count). The second-order valence-corrected chi connectivity index (χ2v) is 11.7. The number of hydrogen-bond acceptors (Lipinski definition) is 3. The van der Waals surface area contributed by atoms with Gasteiger partial charge in [-0.3, -0.25) is 0 Å². The molecule has 10 atom stereocenters. The van der Waals surface area contributed by atoms with Crippen LogP contribution in [0.15, 0.2) is 12.2 Å². The Morgan fingerprint density at radius 3 is 2.57 bits per heavy atom. The van der Waals surface area contributed by atoms with Crippen LogP contribution >= 0.6 is 0 Å². The Balaban J connectivity index is 1.50. The number of carbonyl (C=O) groups is 1. The zero-order chi connectivity index (χ0) is 21.7. The van der Waals surface area contributed by atoms with Crippen LogP contribution in [0.5, 0.6) is 0 Å². The van der Waals surface area contributed by atoms with E-state index in [-0.39, 0.29) is 23.0 Å². The number of hydrogen-bond donors (Lipinski definition) is 3. The number of rotatable bonds is 5. The minimum atomic E-state index is -0.872. The van der Waals surface area contributed by atoms with Gasteiger partial charge in [0, 0.05) is 6.08 Å². The summed E-state index contributed by atoms with van der Waals surface area (Å²) in [7, 11) is 0. The monoisotopic (exact) mass is 418 g/mol. The van der Waals surface area contributed by atoms with Crippen LogP contribution < -0.4 is 0 Å². The Morgan fingerprint density at radius 1 is 1.07 bits per heavy atom. The molecular formula is C26H42O4. The predicted molar refractivity (Wildman–Crippen MR) is 118 cm³/mol. The lowest BCUT2D eigenvalue weighted by Gasteiger charge is -2.62. The second-order valence-electron chi connectivity index (χ2n) is 11.7. The maximum absolute atomic E-state index is 11.6. The minimum absolute atomic E-state index is 0.00548. The Kier molecular flexibility index (Phi) is 6.13. The molecule has 0 amide bonds. The van der Waals surface area contributed by atoms with Crippen LogP contribution in [-0.2, 0) is 4.79 Å². The molecule has 30 heavy (non-hydrogen) atoms. The average Bonchev–Trinajstić information content (AvgIpc) is 3.05. The number of carboxylic acids is 1. The van der Waals surface area contributed by atoms with Crippen LogP contribution in [0.2, 0.25) is 0 Å². The molecule has 0 spiro atoms. The molecule has 4 aliphatic carbocycles. The fraction of sp³-hybridized carbons (Fsp3) is 0.885. The Hall–Kier alpha value is -0.870. The molecule has 4 nitrogen and oxygen atoms in total. The quantitative estimate of drug-likeness (QED) is 0.547. The molecule has 4 heteroatoms. The van der Waals surface area contributed by atoms with E-state index in [0.29, 0.717) is 29.6 Å². The highest BCUT2D eigenvalue weighted by Crippen LogP contribution is 2.68. The van der Waals surface area contributed by atoms with E-state index in [1.807, 2.05) is 0 Å². The molecular weight excluding hydrogens is 376 g/mol. The van der Waals surface area contributed by atoms with Gasteiger partial charge in [0.25, 0.3) is 0 Å². The molecule has 3 N–H and O–H groups in total. The summed E-state index contributed by atoms with van der Waals surface area (Å²) in [5.41, 5.74) is 0.282. The van der Waals surface area contributed by atoms with Crippen LogP contribution in [0, 0.1) is 46.3 Å². The molecule has 4 aliphatic rings. The third-order valence-electron chi connectivity index (χ3n) is 10.6. The summed E-state index contributed by atoms with van der Waals surface area (Å²) >= 11 is 0. The van der Waals surface area contributed by atoms with Gasteiger partial charge in [0.1, 0.15) is 0 Å². The molecule has 0 radical (unpaired) electrons. The van der Waals surface area contributed by atoms with E-state index in [4.69, 9.17) is 5.11 Å². The molecule has 0 saturated heterocycles. The minimum Gasteiger partial charge on any atom is -0.478 e. The number of carboxylic acid groups (broad SMARTS) is 1. The number of allylic oxidation sites excluding steroid dienone is 1. The maximum atomic E-state index is 11.6. The van der Waals surface area contributed by atoms with E-state index in [1.165, 1.54) is 31.8 Å². The van der Waals surface area contributed by atoms with Crippen molar-refractivity contribution >= 4 is 5.97 Å². The van der Waals surface area contributed by atoms with Gasteiger partial charge < -0.3 is 15.3 Å². The zero-order valence-corrected chi connectivity index (χ0v) is 19.1. The molecule has 4 unspecified atom stereocenters. The van der Waals surface area contributed by atoms with Crippen molar-refractivity contribution in [3.05, 3.63) is 12.2 Å². The molecule has 0 bridgehead atoms. The first-order valence-corrected chi connectivity index (χ1v) is 12.4. The normalized spacial score (nSPS) is 49.3. The van der Waals surface area contributed by atoms with Gasteiger partial charge in [0.05, 0.1) is 12.2 Å². The SMILES string of the molecule is CC(CCC=CC(=O)O)[C@H]1CC[C@H]2[C@@H]3CCC4CC(O)CC[C@]4(C)[C@H]3CC(O)[C@]12C. The first kappa shape index (κ1) is 22.3. The molecule has 0 aromatic rings. The summed E-state index contributed by atoms with van der Waals surface area (Å²) in [6.45, 7) is 7.16. The Labute approximate surface area is 182 Å². The first-order valence-electron chi connectivity index (χ1n) is 12.4. The van der Waals surface area contributed by atoms with E-state index in [2.05, 4.69) is 20.8 Å².